The third-order valence-electron chi connectivity index (χ3n) is 5.65. The van der Waals surface area contributed by atoms with Crippen LogP contribution in [0.25, 0.3) is 0 Å². The van der Waals surface area contributed by atoms with E-state index in [1.54, 1.807) is 4.90 Å². The zero-order valence-electron chi connectivity index (χ0n) is 17.4. The number of carbonyl (C=O) groups is 1. The number of anilines is 1. The minimum Gasteiger partial charge on any atom is -0.444 e. The minimum absolute atomic E-state index is 0.0273. The van der Waals surface area contributed by atoms with Crippen LogP contribution in [-0.2, 0) is 21.4 Å². The van der Waals surface area contributed by atoms with Crippen molar-refractivity contribution in [2.24, 2.45) is 0 Å². The van der Waals surface area contributed by atoms with E-state index in [0.717, 1.165) is 33.3 Å². The van der Waals surface area contributed by atoms with Crippen LogP contribution in [0.3, 0.4) is 0 Å². The Labute approximate surface area is 197 Å². The summed E-state index contributed by atoms with van der Waals surface area (Å²) in [7, 11) is -4.27. The van der Waals surface area contributed by atoms with Crippen LogP contribution in [0.1, 0.15) is 24.0 Å². The van der Waals surface area contributed by atoms with Crippen molar-refractivity contribution in [2.45, 2.75) is 43.7 Å². The van der Waals surface area contributed by atoms with E-state index >= 15 is 0 Å². The Morgan fingerprint density at radius 2 is 1.85 bits per heavy atom. The van der Waals surface area contributed by atoms with Crippen molar-refractivity contribution in [2.75, 3.05) is 18.0 Å². The highest BCUT2D eigenvalue weighted by Crippen LogP contribution is 2.37. The van der Waals surface area contributed by atoms with Gasteiger partial charge >= 0.3 is 12.5 Å². The Hall–Kier alpha value is -2.31. The number of piperidine rings is 1. The monoisotopic (exact) mass is 548 g/mol. The molecule has 33 heavy (non-hydrogen) atoms. The van der Waals surface area contributed by atoms with Gasteiger partial charge in [0.15, 0.2) is 5.75 Å². The second-order valence-corrected chi connectivity index (χ2v) is 10.6. The fourth-order valence-electron chi connectivity index (χ4n) is 4.19. The molecule has 2 aliphatic heterocycles. The van der Waals surface area contributed by atoms with Crippen molar-refractivity contribution in [1.29, 1.82) is 0 Å². The fraction of sp³-hybridized carbons (Fsp3) is 0.381. The quantitative estimate of drug-likeness (QED) is 0.539. The number of carbonyl (C=O) groups excluding carboxylic acids is 1. The number of hydrogen-bond donors (Lipinski definition) is 0. The van der Waals surface area contributed by atoms with Gasteiger partial charge in [-0.25, -0.2) is 13.2 Å². The standard InChI is InChI=1S/C21H20BrF3N2O5S/c1-13-3-2-4-14-12-31-20(28)27(19(13)14)16-7-9-26(10-8-16)33(29,30)18-6-5-15(22)11-17(18)32-21(23,24)25/h2-6,11,16H,7-10,12H2,1H3. The van der Waals surface area contributed by atoms with Gasteiger partial charge in [-0.05, 0) is 43.5 Å². The van der Waals surface area contributed by atoms with Gasteiger partial charge in [-0.3, -0.25) is 4.90 Å². The molecular formula is C21H20BrF3N2O5S. The molecule has 2 aliphatic rings. The van der Waals surface area contributed by atoms with E-state index in [1.807, 2.05) is 25.1 Å². The summed E-state index contributed by atoms with van der Waals surface area (Å²) in [5.74, 6) is -0.803. The van der Waals surface area contributed by atoms with Crippen LogP contribution in [0.5, 0.6) is 5.75 Å². The molecule has 0 aliphatic carbocycles. The van der Waals surface area contributed by atoms with Crippen LogP contribution in [0.4, 0.5) is 23.7 Å². The smallest absolute Gasteiger partial charge is 0.444 e. The van der Waals surface area contributed by atoms with E-state index < -0.39 is 33.1 Å². The van der Waals surface area contributed by atoms with E-state index in [2.05, 4.69) is 20.7 Å². The van der Waals surface area contributed by atoms with Crippen molar-refractivity contribution >= 4 is 37.7 Å². The van der Waals surface area contributed by atoms with Crippen molar-refractivity contribution in [3.63, 3.8) is 0 Å². The molecule has 2 heterocycles. The van der Waals surface area contributed by atoms with E-state index in [9.17, 15) is 26.4 Å². The van der Waals surface area contributed by atoms with Crippen LogP contribution in [-0.4, -0.2) is 44.3 Å². The molecular weight excluding hydrogens is 529 g/mol. The largest absolute Gasteiger partial charge is 0.573 e. The second-order valence-electron chi connectivity index (χ2n) is 7.78. The van der Waals surface area contributed by atoms with Gasteiger partial charge in [0.2, 0.25) is 10.0 Å². The van der Waals surface area contributed by atoms with Gasteiger partial charge in [0.05, 0.1) is 5.69 Å². The van der Waals surface area contributed by atoms with Gasteiger partial charge in [0.1, 0.15) is 11.5 Å². The molecule has 7 nitrogen and oxygen atoms in total. The topological polar surface area (TPSA) is 76.2 Å². The van der Waals surface area contributed by atoms with Crippen LogP contribution in [0.15, 0.2) is 45.8 Å². The van der Waals surface area contributed by atoms with Gasteiger partial charge in [0, 0.05) is 29.2 Å². The number of alkyl halides is 3. The lowest BCUT2D eigenvalue weighted by Crippen LogP contribution is -2.50. The number of sulfonamides is 1. The summed E-state index contributed by atoms with van der Waals surface area (Å²) in [5.41, 5.74) is 2.54. The first kappa shape index (κ1) is 23.8. The summed E-state index contributed by atoms with van der Waals surface area (Å²) in [6, 6.07) is 8.72. The number of para-hydroxylation sites is 1. The Morgan fingerprint density at radius 1 is 1.15 bits per heavy atom. The zero-order valence-corrected chi connectivity index (χ0v) is 19.8. The number of aryl methyl sites for hydroxylation is 1. The van der Waals surface area contributed by atoms with E-state index in [1.165, 1.54) is 6.07 Å². The Balaban J connectivity index is 1.56. The van der Waals surface area contributed by atoms with Crippen molar-refractivity contribution in [1.82, 2.24) is 4.31 Å². The molecule has 0 bridgehead atoms. The van der Waals surface area contributed by atoms with Gasteiger partial charge in [-0.2, -0.15) is 4.31 Å². The molecule has 1 saturated heterocycles. The normalized spacial score (nSPS) is 18.1. The summed E-state index contributed by atoms with van der Waals surface area (Å²) < 4.78 is 75.5. The summed E-state index contributed by atoms with van der Waals surface area (Å²) in [5, 5.41) is 0. The summed E-state index contributed by atoms with van der Waals surface area (Å²) in [6.45, 7) is 2.11. The fourth-order valence-corrected chi connectivity index (χ4v) is 6.10. The van der Waals surface area contributed by atoms with Gasteiger partial charge < -0.3 is 9.47 Å². The maximum absolute atomic E-state index is 13.2. The molecule has 4 rings (SSSR count). The second kappa shape index (κ2) is 8.80. The molecule has 2 aromatic rings. The molecule has 0 unspecified atom stereocenters. The van der Waals surface area contributed by atoms with Crippen molar-refractivity contribution in [3.8, 4) is 5.75 Å². The number of cyclic esters (lactones) is 1. The van der Waals surface area contributed by atoms with Crippen molar-refractivity contribution in [3.05, 3.63) is 52.0 Å². The molecule has 1 amide bonds. The molecule has 12 heteroatoms. The summed E-state index contributed by atoms with van der Waals surface area (Å²) in [4.78, 5) is 13.6. The predicted molar refractivity (Wildman–Crippen MR) is 116 cm³/mol. The van der Waals surface area contributed by atoms with Crippen LogP contribution >= 0.6 is 15.9 Å². The SMILES string of the molecule is Cc1cccc2c1N(C1CCN(S(=O)(=O)c3ccc(Br)cc3OC(F)(F)F)CC1)C(=O)OC2. The van der Waals surface area contributed by atoms with Crippen LogP contribution < -0.4 is 9.64 Å². The first-order valence-electron chi connectivity index (χ1n) is 10.1. The molecule has 0 atom stereocenters. The Morgan fingerprint density at radius 3 is 2.52 bits per heavy atom. The lowest BCUT2D eigenvalue weighted by molar-refractivity contribution is -0.275. The first-order chi connectivity index (χ1) is 15.5. The number of halogens is 4. The third-order valence-corrected chi connectivity index (χ3v) is 8.08. The lowest BCUT2D eigenvalue weighted by atomic mass is 10.00. The third kappa shape index (κ3) is 4.82. The van der Waals surface area contributed by atoms with E-state index in [0.29, 0.717) is 12.8 Å². The number of rotatable bonds is 4. The number of ether oxygens (including phenoxy) is 2. The maximum atomic E-state index is 13.2. The number of nitrogens with zero attached hydrogens (tertiary/aromatic N) is 2. The number of benzene rings is 2. The number of fused-ring (bicyclic) bond motifs is 1. The highest BCUT2D eigenvalue weighted by Gasteiger charge is 2.40. The van der Waals surface area contributed by atoms with Crippen LogP contribution in [0, 0.1) is 6.92 Å². The predicted octanol–water partition coefficient (Wildman–Crippen LogP) is 4.97. The molecule has 0 N–H and O–H groups in total. The average Bonchev–Trinajstić information content (AvgIpc) is 2.73. The zero-order chi connectivity index (χ0) is 24.0. The summed E-state index contributed by atoms with van der Waals surface area (Å²) >= 11 is 3.04. The average molecular weight is 549 g/mol. The highest BCUT2D eigenvalue weighted by atomic mass is 79.9. The van der Waals surface area contributed by atoms with E-state index in [-0.39, 0.29) is 30.2 Å². The van der Waals surface area contributed by atoms with Gasteiger partial charge in [0.25, 0.3) is 0 Å². The van der Waals surface area contributed by atoms with Crippen LogP contribution in [0.2, 0.25) is 0 Å². The molecule has 2 aromatic carbocycles. The molecule has 0 spiro atoms. The lowest BCUT2D eigenvalue weighted by Gasteiger charge is -2.40. The molecule has 1 fully saturated rings. The first-order valence-corrected chi connectivity index (χ1v) is 12.3. The number of hydrogen-bond acceptors (Lipinski definition) is 5. The van der Waals surface area contributed by atoms with Crippen molar-refractivity contribution < 1.29 is 35.9 Å². The van der Waals surface area contributed by atoms with Gasteiger partial charge in [-0.15, -0.1) is 13.2 Å². The highest BCUT2D eigenvalue weighted by molar-refractivity contribution is 9.10. The molecule has 0 radical (unpaired) electrons. The minimum atomic E-state index is -5.04. The number of amides is 1. The molecule has 178 valence electrons. The van der Waals surface area contributed by atoms with Gasteiger partial charge in [-0.1, -0.05) is 34.1 Å². The Kier molecular flexibility index (Phi) is 6.36. The maximum Gasteiger partial charge on any atom is 0.573 e. The molecule has 0 saturated carbocycles. The van der Waals surface area contributed by atoms with E-state index in [4.69, 9.17) is 4.74 Å². The summed E-state index contributed by atoms with van der Waals surface area (Å²) in [6.07, 6.45) is -4.94. The Bertz CT molecular complexity index is 1180. The molecule has 0 aromatic heterocycles.